The molecule has 0 heterocycles. The molecule has 0 bridgehead atoms. The van der Waals surface area contributed by atoms with E-state index >= 15 is 0 Å². The van der Waals surface area contributed by atoms with Crippen LogP contribution in [0.1, 0.15) is 23.1 Å². The third-order valence-electron chi connectivity index (χ3n) is 3.20. The van der Waals surface area contributed by atoms with Gasteiger partial charge in [0.1, 0.15) is 5.75 Å². The molecule has 3 heteroatoms. The lowest BCUT2D eigenvalue weighted by molar-refractivity contribution is 0.340. The van der Waals surface area contributed by atoms with Crippen LogP contribution in [0.5, 0.6) is 5.75 Å². The zero-order chi connectivity index (χ0) is 13.5. The average molecular weight is 267 g/mol. The van der Waals surface area contributed by atoms with Gasteiger partial charge in [0.15, 0.2) is 0 Å². The predicted octanol–water partition coefficient (Wildman–Crippen LogP) is 3.11. The quantitative estimate of drug-likeness (QED) is 0.762. The largest absolute Gasteiger partial charge is 0.496 e. The number of likely N-dealkylation sites (N-methyl/N-ethyl adjacent to an activating group) is 1. The highest BCUT2D eigenvalue weighted by Crippen LogP contribution is 2.24. The Kier molecular flexibility index (Phi) is 6.58. The zero-order valence-electron chi connectivity index (χ0n) is 12.0. The number of rotatable bonds is 7. The van der Waals surface area contributed by atoms with Gasteiger partial charge in [0.05, 0.1) is 7.11 Å². The number of benzene rings is 1. The van der Waals surface area contributed by atoms with Gasteiger partial charge in [-0.2, -0.15) is 12.6 Å². The zero-order valence-corrected chi connectivity index (χ0v) is 12.9. The lowest BCUT2D eigenvalue weighted by Crippen LogP contribution is -2.22. The summed E-state index contributed by atoms with van der Waals surface area (Å²) in [6.07, 6.45) is 2.25. The number of hydrogen-bond acceptors (Lipinski definition) is 3. The topological polar surface area (TPSA) is 12.5 Å². The van der Waals surface area contributed by atoms with Gasteiger partial charge >= 0.3 is 0 Å². The summed E-state index contributed by atoms with van der Waals surface area (Å²) in [5.41, 5.74) is 3.85. The summed E-state index contributed by atoms with van der Waals surface area (Å²) in [6, 6.07) is 4.47. The molecule has 0 saturated heterocycles. The Hall–Kier alpha value is -0.670. The fourth-order valence-corrected chi connectivity index (χ4v) is 2.42. The van der Waals surface area contributed by atoms with Crippen LogP contribution in [0.3, 0.4) is 0 Å². The summed E-state index contributed by atoms with van der Waals surface area (Å²) in [4.78, 5) is 2.37. The van der Waals surface area contributed by atoms with E-state index in [1.54, 1.807) is 7.11 Å². The Morgan fingerprint density at radius 3 is 2.28 bits per heavy atom. The first-order chi connectivity index (χ1) is 8.58. The van der Waals surface area contributed by atoms with E-state index in [0.717, 1.165) is 37.4 Å². The number of thiol groups is 1. The van der Waals surface area contributed by atoms with Crippen LogP contribution in [0.25, 0.3) is 0 Å². The number of methoxy groups -OCH3 is 1. The minimum Gasteiger partial charge on any atom is -0.496 e. The van der Waals surface area contributed by atoms with Crippen LogP contribution in [-0.2, 0) is 6.42 Å². The molecule has 0 fully saturated rings. The monoisotopic (exact) mass is 267 g/mol. The van der Waals surface area contributed by atoms with Crippen molar-refractivity contribution in [2.75, 3.05) is 33.0 Å². The van der Waals surface area contributed by atoms with Crippen LogP contribution in [-0.4, -0.2) is 37.9 Å². The van der Waals surface area contributed by atoms with Crippen molar-refractivity contribution in [3.63, 3.8) is 0 Å². The fraction of sp³-hybridized carbons (Fsp3) is 0.600. The molecule has 1 aromatic rings. The summed E-state index contributed by atoms with van der Waals surface area (Å²) in [7, 11) is 3.91. The summed E-state index contributed by atoms with van der Waals surface area (Å²) < 4.78 is 5.39. The van der Waals surface area contributed by atoms with E-state index in [1.807, 2.05) is 0 Å². The first-order valence-electron chi connectivity index (χ1n) is 6.52. The Bertz CT molecular complexity index is 356. The molecule has 0 N–H and O–H groups in total. The van der Waals surface area contributed by atoms with Gasteiger partial charge in [0.2, 0.25) is 0 Å². The van der Waals surface area contributed by atoms with E-state index in [9.17, 15) is 0 Å². The van der Waals surface area contributed by atoms with Crippen molar-refractivity contribution in [3.8, 4) is 5.75 Å². The van der Waals surface area contributed by atoms with E-state index in [2.05, 4.69) is 50.6 Å². The molecule has 0 spiro atoms. The molecule has 0 aliphatic heterocycles. The van der Waals surface area contributed by atoms with E-state index in [4.69, 9.17) is 4.74 Å². The molecule has 102 valence electrons. The second-order valence-corrected chi connectivity index (χ2v) is 5.34. The number of hydrogen-bond donors (Lipinski definition) is 1. The van der Waals surface area contributed by atoms with Crippen LogP contribution in [0.4, 0.5) is 0 Å². The minimum absolute atomic E-state index is 0.963. The molecule has 2 nitrogen and oxygen atoms in total. The Morgan fingerprint density at radius 2 is 1.78 bits per heavy atom. The third-order valence-corrected chi connectivity index (χ3v) is 3.52. The maximum atomic E-state index is 5.39. The van der Waals surface area contributed by atoms with Crippen LogP contribution in [0.15, 0.2) is 12.1 Å². The normalized spacial score (nSPS) is 11.0. The molecule has 0 aliphatic rings. The van der Waals surface area contributed by atoms with Crippen molar-refractivity contribution in [3.05, 3.63) is 28.8 Å². The first-order valence-corrected chi connectivity index (χ1v) is 7.15. The van der Waals surface area contributed by atoms with E-state index in [1.165, 1.54) is 16.7 Å². The average Bonchev–Trinajstić information content (AvgIpc) is 2.33. The van der Waals surface area contributed by atoms with Gasteiger partial charge in [-0.3, -0.25) is 0 Å². The molecular formula is C15H25NOS. The molecule has 0 saturated carbocycles. The molecular weight excluding hydrogens is 242 g/mol. The highest BCUT2D eigenvalue weighted by Gasteiger charge is 2.06. The van der Waals surface area contributed by atoms with Gasteiger partial charge in [0.25, 0.3) is 0 Å². The Labute approximate surface area is 117 Å². The van der Waals surface area contributed by atoms with Gasteiger partial charge in [-0.15, -0.1) is 0 Å². The van der Waals surface area contributed by atoms with Crippen LogP contribution in [0, 0.1) is 13.8 Å². The maximum Gasteiger partial charge on any atom is 0.124 e. The highest BCUT2D eigenvalue weighted by molar-refractivity contribution is 7.80. The third kappa shape index (κ3) is 4.54. The van der Waals surface area contributed by atoms with Crippen molar-refractivity contribution in [1.82, 2.24) is 4.90 Å². The number of aryl methyl sites for hydroxylation is 2. The Morgan fingerprint density at radius 1 is 1.17 bits per heavy atom. The lowest BCUT2D eigenvalue weighted by Gasteiger charge is -2.17. The standard InChI is InChI=1S/C15H25NOS/c1-12-10-14(11-13(2)15(12)17-4)6-8-16(3)7-5-9-18/h10-11,18H,5-9H2,1-4H3. The van der Waals surface area contributed by atoms with Crippen LogP contribution in [0.2, 0.25) is 0 Å². The summed E-state index contributed by atoms with van der Waals surface area (Å²) in [6.45, 7) is 6.44. The van der Waals surface area contributed by atoms with Gasteiger partial charge in [-0.1, -0.05) is 12.1 Å². The molecule has 0 amide bonds. The van der Waals surface area contributed by atoms with Gasteiger partial charge in [-0.25, -0.2) is 0 Å². The van der Waals surface area contributed by atoms with Crippen LogP contribution < -0.4 is 4.74 Å². The van der Waals surface area contributed by atoms with Crippen molar-refractivity contribution in [1.29, 1.82) is 0 Å². The van der Waals surface area contributed by atoms with Crippen molar-refractivity contribution in [2.24, 2.45) is 0 Å². The summed E-state index contributed by atoms with van der Waals surface area (Å²) >= 11 is 4.24. The lowest BCUT2D eigenvalue weighted by atomic mass is 10.0. The second-order valence-electron chi connectivity index (χ2n) is 4.89. The molecule has 1 aromatic carbocycles. The molecule has 1 rings (SSSR count). The van der Waals surface area contributed by atoms with Gasteiger partial charge in [0, 0.05) is 6.54 Å². The number of nitrogens with zero attached hydrogens (tertiary/aromatic N) is 1. The summed E-state index contributed by atoms with van der Waals surface area (Å²) in [5, 5.41) is 0. The van der Waals surface area contributed by atoms with E-state index in [0.29, 0.717) is 0 Å². The molecule has 0 radical (unpaired) electrons. The molecule has 0 aliphatic carbocycles. The first kappa shape index (κ1) is 15.4. The number of ether oxygens (including phenoxy) is 1. The second kappa shape index (κ2) is 7.70. The highest BCUT2D eigenvalue weighted by atomic mass is 32.1. The smallest absolute Gasteiger partial charge is 0.124 e. The molecule has 0 aromatic heterocycles. The summed E-state index contributed by atoms with van der Waals surface area (Å²) in [5.74, 6) is 1.98. The fourth-order valence-electron chi connectivity index (χ4n) is 2.28. The maximum absolute atomic E-state index is 5.39. The van der Waals surface area contributed by atoms with E-state index < -0.39 is 0 Å². The molecule has 0 atom stereocenters. The van der Waals surface area contributed by atoms with Crippen molar-refractivity contribution in [2.45, 2.75) is 26.7 Å². The molecule has 18 heavy (non-hydrogen) atoms. The molecule has 0 unspecified atom stereocenters. The Balaban J connectivity index is 2.58. The van der Waals surface area contributed by atoms with Crippen molar-refractivity contribution < 1.29 is 4.74 Å². The van der Waals surface area contributed by atoms with Crippen LogP contribution >= 0.6 is 12.6 Å². The minimum atomic E-state index is 0.963. The van der Waals surface area contributed by atoms with Gasteiger partial charge in [-0.05, 0) is 62.7 Å². The SMILES string of the molecule is COc1c(C)cc(CCN(C)CCCS)cc1C. The van der Waals surface area contributed by atoms with E-state index in [-0.39, 0.29) is 0 Å². The predicted molar refractivity (Wildman–Crippen MR) is 82.1 cm³/mol. The van der Waals surface area contributed by atoms with Gasteiger partial charge < -0.3 is 9.64 Å². The van der Waals surface area contributed by atoms with Crippen molar-refractivity contribution >= 4 is 12.6 Å².